The van der Waals surface area contributed by atoms with Crippen LogP contribution in [0.3, 0.4) is 0 Å². The van der Waals surface area contributed by atoms with E-state index in [0.717, 1.165) is 3.97 Å². The third-order valence-electron chi connectivity index (χ3n) is 1.33. The Bertz CT molecular complexity index is 495. The van der Waals surface area contributed by atoms with Gasteiger partial charge in [0.15, 0.2) is 6.29 Å². The minimum absolute atomic E-state index is 0.387. The number of aromatic nitrogens is 1. The quantitative estimate of drug-likeness (QED) is 0.292. The molecule has 78 valence electrons. The molecule has 0 spiro atoms. The molecule has 0 fully saturated rings. The normalized spacial score (nSPS) is 11.7. The van der Waals surface area contributed by atoms with Gasteiger partial charge in [-0.25, -0.2) is 3.97 Å². The van der Waals surface area contributed by atoms with Crippen LogP contribution in [0.4, 0.5) is 0 Å². The number of nitrogens with zero attached hydrogens (tertiary/aromatic N) is 1. The van der Waals surface area contributed by atoms with Gasteiger partial charge >= 0.3 is 0 Å². The third kappa shape index (κ3) is 2.45. The molecular weight excluding hydrogens is 615 g/mol. The van der Waals surface area contributed by atoms with Crippen LogP contribution in [0.2, 0.25) is 0 Å². The Labute approximate surface area is 128 Å². The number of hydrogen-bond acceptors (Lipinski definition) is 3. The maximum atomic E-state index is 11.4. The molecular formula is C5HBrI3NO3S. The average molecular weight is 616 g/mol. The molecule has 0 aliphatic rings. The van der Waals surface area contributed by atoms with E-state index >= 15 is 0 Å². The lowest BCUT2D eigenvalue weighted by Crippen LogP contribution is -2.06. The predicted octanol–water partition coefficient (Wildman–Crippen LogP) is 2.80. The summed E-state index contributed by atoms with van der Waals surface area (Å²) in [6.07, 6.45) is 0.645. The SMILES string of the molecule is O=Cc1c(I)c(Br)n(S(=O)(=O)I)c1I. The molecule has 0 radical (unpaired) electrons. The van der Waals surface area contributed by atoms with Crippen molar-refractivity contribution in [1.29, 1.82) is 0 Å². The fourth-order valence-corrected chi connectivity index (χ4v) is 8.49. The van der Waals surface area contributed by atoms with Crippen LogP contribution >= 0.6 is 82.3 Å². The van der Waals surface area contributed by atoms with E-state index in [1.54, 1.807) is 0 Å². The van der Waals surface area contributed by atoms with Gasteiger partial charge in [-0.3, -0.25) is 4.79 Å². The molecule has 0 unspecified atom stereocenters. The highest BCUT2D eigenvalue weighted by molar-refractivity contribution is 14.2. The van der Waals surface area contributed by atoms with Crippen LogP contribution in [0.5, 0.6) is 0 Å². The van der Waals surface area contributed by atoms with Gasteiger partial charge in [-0.05, 0) is 61.1 Å². The summed E-state index contributed by atoms with van der Waals surface area (Å²) in [6.45, 7) is 0. The van der Waals surface area contributed by atoms with Gasteiger partial charge in [0.05, 0.1) is 30.3 Å². The van der Waals surface area contributed by atoms with Crippen LogP contribution in [-0.4, -0.2) is 18.7 Å². The maximum Gasteiger partial charge on any atom is 0.293 e. The maximum absolute atomic E-state index is 11.4. The Kier molecular flexibility index (Phi) is 4.70. The minimum Gasteiger partial charge on any atom is -0.298 e. The van der Waals surface area contributed by atoms with Crippen LogP contribution in [0.15, 0.2) is 4.60 Å². The molecule has 0 N–H and O–H groups in total. The van der Waals surface area contributed by atoms with E-state index in [9.17, 15) is 13.2 Å². The average Bonchev–Trinajstić information content (AvgIpc) is 2.22. The Hall–Kier alpha value is 1.57. The molecule has 0 bridgehead atoms. The van der Waals surface area contributed by atoms with Crippen molar-refractivity contribution in [3.8, 4) is 0 Å². The molecule has 0 saturated heterocycles. The minimum atomic E-state index is -3.41. The lowest BCUT2D eigenvalue weighted by molar-refractivity contribution is 0.112. The van der Waals surface area contributed by atoms with E-state index in [1.807, 2.05) is 45.2 Å². The van der Waals surface area contributed by atoms with E-state index in [4.69, 9.17) is 0 Å². The standard InChI is InChI=1S/C5HBrI3NO3S/c6-4-3(7)2(1-11)5(8)10(4)14(9,12)13/h1H. The molecule has 14 heavy (non-hydrogen) atoms. The summed E-state index contributed by atoms with van der Waals surface area (Å²) in [7, 11) is -3.41. The highest BCUT2D eigenvalue weighted by Crippen LogP contribution is 2.32. The van der Waals surface area contributed by atoms with Crippen molar-refractivity contribution in [1.82, 2.24) is 3.97 Å². The van der Waals surface area contributed by atoms with Crippen molar-refractivity contribution in [2.45, 2.75) is 0 Å². The van der Waals surface area contributed by atoms with Crippen molar-refractivity contribution < 1.29 is 13.2 Å². The molecule has 0 aromatic carbocycles. The Balaban J connectivity index is 3.71. The summed E-state index contributed by atoms with van der Waals surface area (Å²) in [4.78, 5) is 10.7. The van der Waals surface area contributed by atoms with E-state index < -0.39 is 7.19 Å². The van der Waals surface area contributed by atoms with Crippen LogP contribution in [0.25, 0.3) is 0 Å². The van der Waals surface area contributed by atoms with E-state index in [0.29, 0.717) is 23.7 Å². The molecule has 1 rings (SSSR count). The van der Waals surface area contributed by atoms with Crippen LogP contribution in [0.1, 0.15) is 10.4 Å². The highest BCUT2D eigenvalue weighted by atomic mass is 127. The fraction of sp³-hybridized carbons (Fsp3) is 0. The summed E-state index contributed by atoms with van der Waals surface area (Å²) in [6, 6.07) is 0. The predicted molar refractivity (Wildman–Crippen MR) is 81.3 cm³/mol. The zero-order valence-electron chi connectivity index (χ0n) is 6.17. The number of rotatable bonds is 2. The van der Waals surface area contributed by atoms with Gasteiger partial charge in [0.1, 0.15) is 8.30 Å². The number of carbonyl (C=O) groups excluding carboxylic acids is 1. The third-order valence-corrected chi connectivity index (χ3v) is 7.53. The largest absolute Gasteiger partial charge is 0.298 e. The molecule has 1 aromatic rings. The summed E-state index contributed by atoms with van der Waals surface area (Å²) < 4.78 is 25.2. The number of aldehydes is 1. The first kappa shape index (κ1) is 13.6. The smallest absolute Gasteiger partial charge is 0.293 e. The lowest BCUT2D eigenvalue weighted by atomic mass is 10.4. The highest BCUT2D eigenvalue weighted by Gasteiger charge is 2.23. The molecule has 0 aliphatic heterocycles. The first-order valence-electron chi connectivity index (χ1n) is 2.96. The van der Waals surface area contributed by atoms with Crippen molar-refractivity contribution in [3.05, 3.63) is 17.4 Å². The molecule has 1 aromatic heterocycles. The van der Waals surface area contributed by atoms with Crippen molar-refractivity contribution in [2.24, 2.45) is 0 Å². The van der Waals surface area contributed by atoms with Crippen molar-refractivity contribution in [2.75, 3.05) is 0 Å². The van der Waals surface area contributed by atoms with Crippen LogP contribution in [-0.2, 0) is 7.19 Å². The summed E-state index contributed by atoms with van der Waals surface area (Å²) in [5, 5.41) is 0. The zero-order valence-corrected chi connectivity index (χ0v) is 15.0. The molecule has 4 nitrogen and oxygen atoms in total. The second kappa shape index (κ2) is 4.83. The second-order valence-electron chi connectivity index (χ2n) is 2.13. The monoisotopic (exact) mass is 615 g/mol. The molecule has 1 heterocycles. The Morgan fingerprint density at radius 2 is 1.86 bits per heavy atom. The van der Waals surface area contributed by atoms with Gasteiger partial charge in [0, 0.05) is 0 Å². The first-order valence-corrected chi connectivity index (χ1v) is 9.89. The Morgan fingerprint density at radius 1 is 1.36 bits per heavy atom. The van der Waals surface area contributed by atoms with Crippen LogP contribution < -0.4 is 0 Å². The topological polar surface area (TPSA) is 56.1 Å². The van der Waals surface area contributed by atoms with Gasteiger partial charge in [0.2, 0.25) is 0 Å². The molecule has 0 atom stereocenters. The van der Waals surface area contributed by atoms with Gasteiger partial charge < -0.3 is 0 Å². The van der Waals surface area contributed by atoms with Gasteiger partial charge in [-0.15, -0.1) is 0 Å². The number of hydrogen-bond donors (Lipinski definition) is 0. The van der Waals surface area contributed by atoms with Crippen LogP contribution in [0, 0.1) is 7.27 Å². The molecule has 0 amide bonds. The molecule has 9 heteroatoms. The second-order valence-corrected chi connectivity index (χ2v) is 9.51. The summed E-state index contributed by atoms with van der Waals surface area (Å²) >= 11 is 8.20. The summed E-state index contributed by atoms with van der Waals surface area (Å²) in [5.41, 5.74) is 0.387. The van der Waals surface area contributed by atoms with Gasteiger partial charge in [-0.2, -0.15) is 8.42 Å². The molecule has 0 aliphatic carbocycles. The Morgan fingerprint density at radius 3 is 2.07 bits per heavy atom. The molecule has 0 saturated carbocycles. The lowest BCUT2D eigenvalue weighted by Gasteiger charge is -2.00. The zero-order chi connectivity index (χ0) is 11.1. The fourth-order valence-electron chi connectivity index (χ4n) is 0.778. The van der Waals surface area contributed by atoms with Gasteiger partial charge in [-0.1, -0.05) is 0 Å². The first-order chi connectivity index (χ1) is 6.30. The number of halogens is 4. The summed E-state index contributed by atoms with van der Waals surface area (Å²) in [5.74, 6) is 0. The van der Waals surface area contributed by atoms with E-state index in [-0.39, 0.29) is 0 Å². The van der Waals surface area contributed by atoms with Crippen molar-refractivity contribution in [3.63, 3.8) is 0 Å². The van der Waals surface area contributed by atoms with Gasteiger partial charge in [0.25, 0.3) is 7.19 Å². The van der Waals surface area contributed by atoms with E-state index in [1.165, 1.54) is 21.2 Å². The number of carbonyl (C=O) groups is 1. The van der Waals surface area contributed by atoms with Crippen molar-refractivity contribution >= 4 is 95.8 Å². The van der Waals surface area contributed by atoms with E-state index in [2.05, 4.69) is 15.9 Å².